The highest BCUT2D eigenvalue weighted by Crippen LogP contribution is 2.33. The third kappa shape index (κ3) is 2.46. The molecule has 0 bridgehead atoms. The predicted molar refractivity (Wildman–Crippen MR) is 81.0 cm³/mol. The summed E-state index contributed by atoms with van der Waals surface area (Å²) in [5.41, 5.74) is 9.03. The molecule has 0 saturated heterocycles. The molecule has 0 aliphatic rings. The lowest BCUT2D eigenvalue weighted by atomic mass is 9.85. The molecule has 0 saturated carbocycles. The molecule has 0 heterocycles. The van der Waals surface area contributed by atoms with Crippen molar-refractivity contribution in [2.45, 2.75) is 19.4 Å². The molecule has 1 unspecified atom stereocenters. The maximum Gasteiger partial charge on any atom is 0.0648 e. The second-order valence-corrected chi connectivity index (χ2v) is 5.91. The summed E-state index contributed by atoms with van der Waals surface area (Å²) in [7, 11) is 0. The van der Waals surface area contributed by atoms with Crippen LogP contribution in [0.4, 0.5) is 0 Å². The van der Waals surface area contributed by atoms with Crippen LogP contribution in [0.25, 0.3) is 0 Å². The maximum absolute atomic E-state index is 6.49. The largest absolute Gasteiger partial charge is 0.318 e. The Morgan fingerprint density at radius 1 is 1.17 bits per heavy atom. The Kier molecular flexibility index (Phi) is 3.81. The molecule has 2 aromatic carbocycles. The zero-order valence-corrected chi connectivity index (χ0v) is 12.7. The second kappa shape index (κ2) is 5.04. The van der Waals surface area contributed by atoms with Gasteiger partial charge in [-0.15, -0.1) is 0 Å². The van der Waals surface area contributed by atoms with Crippen LogP contribution in [0.2, 0.25) is 5.02 Å². The lowest BCUT2D eigenvalue weighted by Crippen LogP contribution is -2.34. The number of benzene rings is 2. The summed E-state index contributed by atoms with van der Waals surface area (Å²) in [6.07, 6.45) is 0. The summed E-state index contributed by atoms with van der Waals surface area (Å²) in [6, 6.07) is 14.0. The van der Waals surface area contributed by atoms with Gasteiger partial charge in [0.25, 0.3) is 0 Å². The van der Waals surface area contributed by atoms with Crippen LogP contribution in [0, 0.1) is 6.92 Å². The van der Waals surface area contributed by atoms with Crippen LogP contribution in [0.3, 0.4) is 0 Å². The van der Waals surface area contributed by atoms with Crippen LogP contribution in [-0.4, -0.2) is 0 Å². The molecular weight excluding hydrogens is 310 g/mol. The zero-order chi connectivity index (χ0) is 13.3. The maximum atomic E-state index is 6.49. The zero-order valence-electron chi connectivity index (χ0n) is 10.4. The minimum Gasteiger partial charge on any atom is -0.318 e. The fourth-order valence-corrected chi connectivity index (χ4v) is 2.83. The number of halogens is 2. The molecule has 0 amide bonds. The summed E-state index contributed by atoms with van der Waals surface area (Å²) in [5.74, 6) is 0. The van der Waals surface area contributed by atoms with Gasteiger partial charge in [-0.25, -0.2) is 0 Å². The van der Waals surface area contributed by atoms with Gasteiger partial charge in [0.05, 0.1) is 5.54 Å². The molecule has 1 nitrogen and oxygen atoms in total. The van der Waals surface area contributed by atoms with Gasteiger partial charge in [-0.05, 0) is 42.7 Å². The van der Waals surface area contributed by atoms with Crippen molar-refractivity contribution < 1.29 is 0 Å². The van der Waals surface area contributed by atoms with E-state index < -0.39 is 5.54 Å². The number of rotatable bonds is 2. The van der Waals surface area contributed by atoms with Crippen LogP contribution in [0.1, 0.15) is 23.6 Å². The van der Waals surface area contributed by atoms with Gasteiger partial charge in [-0.1, -0.05) is 57.9 Å². The minimum atomic E-state index is -0.572. The molecule has 94 valence electrons. The first kappa shape index (κ1) is 13.6. The normalized spacial score (nSPS) is 14.3. The van der Waals surface area contributed by atoms with Crippen molar-refractivity contribution in [1.82, 2.24) is 0 Å². The van der Waals surface area contributed by atoms with Crippen molar-refractivity contribution in [3.63, 3.8) is 0 Å². The molecule has 3 heteroatoms. The monoisotopic (exact) mass is 323 g/mol. The molecule has 1 atom stereocenters. The van der Waals surface area contributed by atoms with Gasteiger partial charge < -0.3 is 5.73 Å². The van der Waals surface area contributed by atoms with Gasteiger partial charge in [0, 0.05) is 9.50 Å². The van der Waals surface area contributed by atoms with E-state index in [0.717, 1.165) is 26.2 Å². The summed E-state index contributed by atoms with van der Waals surface area (Å²) >= 11 is 9.73. The predicted octanol–water partition coefficient (Wildman–Crippen LogP) is 4.63. The van der Waals surface area contributed by atoms with Crippen LogP contribution in [0.5, 0.6) is 0 Å². The molecule has 18 heavy (non-hydrogen) atoms. The molecule has 0 spiro atoms. The number of nitrogens with two attached hydrogens (primary N) is 1. The molecule has 0 radical (unpaired) electrons. The summed E-state index contributed by atoms with van der Waals surface area (Å²) in [6.45, 7) is 3.98. The average Bonchev–Trinajstić information content (AvgIpc) is 2.33. The topological polar surface area (TPSA) is 26.0 Å². The van der Waals surface area contributed by atoms with Crippen molar-refractivity contribution in [2.24, 2.45) is 5.73 Å². The summed E-state index contributed by atoms with van der Waals surface area (Å²) in [5, 5.41) is 0.747. The highest BCUT2D eigenvalue weighted by Gasteiger charge is 2.26. The molecule has 0 fully saturated rings. The number of aryl methyl sites for hydroxylation is 1. The molecule has 0 aliphatic heterocycles. The quantitative estimate of drug-likeness (QED) is 0.856. The van der Waals surface area contributed by atoms with E-state index in [-0.39, 0.29) is 0 Å². The SMILES string of the molecule is Cc1ccc(C(C)(N)c2ccccc2Br)cc1Cl. The van der Waals surface area contributed by atoms with E-state index in [9.17, 15) is 0 Å². The fourth-order valence-electron chi connectivity index (χ4n) is 1.95. The van der Waals surface area contributed by atoms with Gasteiger partial charge in [0.15, 0.2) is 0 Å². The van der Waals surface area contributed by atoms with Crippen LogP contribution in [0.15, 0.2) is 46.9 Å². The first-order valence-corrected chi connectivity index (χ1v) is 6.90. The van der Waals surface area contributed by atoms with Crippen LogP contribution in [-0.2, 0) is 5.54 Å². The Hall–Kier alpha value is -0.830. The van der Waals surface area contributed by atoms with Crippen molar-refractivity contribution in [1.29, 1.82) is 0 Å². The fraction of sp³-hybridized carbons (Fsp3) is 0.200. The Morgan fingerprint density at radius 2 is 1.83 bits per heavy atom. The first-order valence-electron chi connectivity index (χ1n) is 5.73. The van der Waals surface area contributed by atoms with Crippen LogP contribution < -0.4 is 5.73 Å². The van der Waals surface area contributed by atoms with Crippen molar-refractivity contribution >= 4 is 27.5 Å². The second-order valence-electron chi connectivity index (χ2n) is 4.65. The van der Waals surface area contributed by atoms with Crippen LogP contribution >= 0.6 is 27.5 Å². The molecule has 0 aliphatic carbocycles. The Morgan fingerprint density at radius 3 is 2.44 bits per heavy atom. The Bertz CT molecular complexity index is 578. The van der Waals surface area contributed by atoms with Crippen molar-refractivity contribution in [3.05, 3.63) is 68.7 Å². The van der Waals surface area contributed by atoms with E-state index in [1.807, 2.05) is 56.3 Å². The van der Waals surface area contributed by atoms with Gasteiger partial charge in [0.1, 0.15) is 0 Å². The van der Waals surface area contributed by atoms with E-state index in [1.54, 1.807) is 0 Å². The standard InChI is InChI=1S/C15H15BrClN/c1-10-7-8-11(9-14(10)17)15(2,18)12-5-3-4-6-13(12)16/h3-9H,18H2,1-2H3. The molecule has 2 N–H and O–H groups in total. The highest BCUT2D eigenvalue weighted by molar-refractivity contribution is 9.10. The average molecular weight is 325 g/mol. The van der Waals surface area contributed by atoms with E-state index >= 15 is 0 Å². The van der Waals surface area contributed by atoms with Crippen molar-refractivity contribution in [3.8, 4) is 0 Å². The highest BCUT2D eigenvalue weighted by atomic mass is 79.9. The van der Waals surface area contributed by atoms with Gasteiger partial charge >= 0.3 is 0 Å². The molecule has 2 rings (SSSR count). The van der Waals surface area contributed by atoms with Crippen molar-refractivity contribution in [2.75, 3.05) is 0 Å². The number of hydrogen-bond acceptors (Lipinski definition) is 1. The summed E-state index contributed by atoms with van der Waals surface area (Å²) in [4.78, 5) is 0. The molecular formula is C15H15BrClN. The third-order valence-electron chi connectivity index (χ3n) is 3.20. The van der Waals surface area contributed by atoms with Gasteiger partial charge in [-0.3, -0.25) is 0 Å². The van der Waals surface area contributed by atoms with Gasteiger partial charge in [-0.2, -0.15) is 0 Å². The van der Waals surface area contributed by atoms with E-state index in [1.165, 1.54) is 0 Å². The Balaban J connectivity index is 2.54. The van der Waals surface area contributed by atoms with E-state index in [4.69, 9.17) is 17.3 Å². The van der Waals surface area contributed by atoms with Gasteiger partial charge in [0.2, 0.25) is 0 Å². The van der Waals surface area contributed by atoms with E-state index in [0.29, 0.717) is 0 Å². The summed E-state index contributed by atoms with van der Waals surface area (Å²) < 4.78 is 1.01. The lowest BCUT2D eigenvalue weighted by molar-refractivity contribution is 0.600. The smallest absolute Gasteiger partial charge is 0.0648 e. The van der Waals surface area contributed by atoms with E-state index in [2.05, 4.69) is 15.9 Å². The third-order valence-corrected chi connectivity index (χ3v) is 4.30. The first-order chi connectivity index (χ1) is 8.43. The molecule has 0 aromatic heterocycles. The Labute approximate surface area is 121 Å². The minimum absolute atomic E-state index is 0.572. The lowest BCUT2D eigenvalue weighted by Gasteiger charge is -2.27. The molecule has 2 aromatic rings. The number of hydrogen-bond donors (Lipinski definition) is 1.